The molecule has 3 fully saturated rings. The van der Waals surface area contributed by atoms with Crippen molar-refractivity contribution >= 4 is 29.3 Å². The molecule has 2 aliphatic heterocycles. The van der Waals surface area contributed by atoms with Crippen molar-refractivity contribution in [1.29, 1.82) is 0 Å². The summed E-state index contributed by atoms with van der Waals surface area (Å²) in [7, 11) is 0. The summed E-state index contributed by atoms with van der Waals surface area (Å²) in [5.41, 5.74) is 3.45. The van der Waals surface area contributed by atoms with E-state index in [0.29, 0.717) is 17.9 Å². The van der Waals surface area contributed by atoms with Crippen molar-refractivity contribution in [2.45, 2.75) is 108 Å². The Morgan fingerprint density at radius 2 is 1.90 bits per heavy atom. The number of nitrogens with one attached hydrogen (secondary N) is 4. The smallest absolute Gasteiger partial charge is 0.351 e. The van der Waals surface area contributed by atoms with E-state index < -0.39 is 0 Å². The maximum atomic E-state index is 14.0. The molecule has 4 N–H and O–H groups in total. The first-order valence-electron chi connectivity index (χ1n) is 14.9. The molecule has 5 aliphatic rings. The van der Waals surface area contributed by atoms with Gasteiger partial charge in [0.2, 0.25) is 5.95 Å². The molecule has 3 aromatic rings. The Kier molecular flexibility index (Phi) is 6.73. The molecule has 2 unspecified atom stereocenters. The molecular formula is C29H39N10O+. The minimum absolute atomic E-state index is 0.0955. The zero-order chi connectivity index (χ0) is 27.1. The highest BCUT2D eigenvalue weighted by atomic mass is 16.2. The van der Waals surface area contributed by atoms with Crippen LogP contribution in [-0.2, 0) is 0 Å². The zero-order valence-corrected chi connectivity index (χ0v) is 23.1. The number of amides is 2. The molecule has 5 heterocycles. The standard InChI is InChI=1S/C29H38N10O/c1-18-16-38(17-31-18)22-8-3-21(4-9-22)33-29(40)39-23-10-5-20(6-11-23)32-28-30-13-12-26(35-28)34-27-15-25(36-37-27)19-2-7-24(39)14-19/h12-13,15-17,19-22,24H,2-11,14H2,1H3,(H3-,30,32,33,34,35,36,37,40)/p+1. The lowest BCUT2D eigenvalue weighted by Gasteiger charge is -2.29. The van der Waals surface area contributed by atoms with Crippen molar-refractivity contribution in [3.63, 3.8) is 0 Å². The lowest BCUT2D eigenvalue weighted by atomic mass is 9.91. The van der Waals surface area contributed by atoms with E-state index in [1.807, 2.05) is 19.3 Å². The quantitative estimate of drug-likeness (QED) is 0.342. The van der Waals surface area contributed by atoms with Crippen LogP contribution < -0.4 is 16.0 Å². The Morgan fingerprint density at radius 3 is 2.70 bits per heavy atom. The number of rotatable bonds is 2. The lowest BCUT2D eigenvalue weighted by molar-refractivity contribution is -0.474. The molecule has 0 saturated heterocycles. The number of anilines is 3. The van der Waals surface area contributed by atoms with Gasteiger partial charge in [0.15, 0.2) is 5.82 Å². The molecule has 11 heteroatoms. The van der Waals surface area contributed by atoms with Crippen molar-refractivity contribution in [3.8, 4) is 0 Å². The van der Waals surface area contributed by atoms with Crippen LogP contribution in [0.2, 0.25) is 0 Å². The number of urea groups is 1. The highest BCUT2D eigenvalue weighted by Crippen LogP contribution is 2.37. The van der Waals surface area contributed by atoms with E-state index in [1.54, 1.807) is 6.20 Å². The summed E-state index contributed by atoms with van der Waals surface area (Å²) >= 11 is 0. The van der Waals surface area contributed by atoms with Crippen LogP contribution in [-0.4, -0.2) is 64.2 Å². The van der Waals surface area contributed by atoms with Gasteiger partial charge in [0.1, 0.15) is 11.9 Å². The summed E-state index contributed by atoms with van der Waals surface area (Å²) in [6, 6.07) is 5.23. The average Bonchev–Trinajstić information content (AvgIpc) is 3.72. The molecule has 3 saturated carbocycles. The van der Waals surface area contributed by atoms with Gasteiger partial charge in [0.25, 0.3) is 0 Å². The maximum absolute atomic E-state index is 14.0. The number of carbonyl (C=O) groups excluding carboxylic acids is 1. The number of aryl methyl sites for hydroxylation is 1. The van der Waals surface area contributed by atoms with Gasteiger partial charge in [-0.3, -0.25) is 5.10 Å². The van der Waals surface area contributed by atoms with Gasteiger partial charge in [-0.25, -0.2) is 15.3 Å². The zero-order valence-electron chi connectivity index (χ0n) is 23.1. The molecule has 40 heavy (non-hydrogen) atoms. The first-order chi connectivity index (χ1) is 19.6. The second-order valence-corrected chi connectivity index (χ2v) is 12.0. The molecule has 0 radical (unpaired) electrons. The fourth-order valence-electron chi connectivity index (χ4n) is 7.20. The monoisotopic (exact) mass is 543 g/mol. The van der Waals surface area contributed by atoms with Crippen LogP contribution in [0.5, 0.6) is 0 Å². The van der Waals surface area contributed by atoms with Crippen LogP contribution in [0.25, 0.3) is 0 Å². The first-order valence-corrected chi connectivity index (χ1v) is 14.9. The topological polar surface area (TPSA) is 128 Å². The molecule has 2 amide bonds. The number of carbonyl (C=O) groups is 1. The second-order valence-electron chi connectivity index (χ2n) is 12.0. The Morgan fingerprint density at radius 1 is 1.05 bits per heavy atom. The summed E-state index contributed by atoms with van der Waals surface area (Å²) in [5, 5.41) is 18.0. The van der Waals surface area contributed by atoms with Gasteiger partial charge in [0, 0.05) is 55.0 Å². The molecule has 8 bridgehead atoms. The number of aromatic nitrogens is 6. The summed E-state index contributed by atoms with van der Waals surface area (Å²) in [6.07, 6.45) is 16.7. The van der Waals surface area contributed by atoms with Gasteiger partial charge >= 0.3 is 6.03 Å². The van der Waals surface area contributed by atoms with Gasteiger partial charge in [-0.1, -0.05) is 0 Å². The number of hydrogen-bond acceptors (Lipinski definition) is 7. The van der Waals surface area contributed by atoms with Crippen LogP contribution in [0.3, 0.4) is 0 Å². The molecule has 3 aliphatic carbocycles. The summed E-state index contributed by atoms with van der Waals surface area (Å²) in [5.74, 6) is 2.46. The predicted octanol–water partition coefficient (Wildman–Crippen LogP) is 4.80. The SMILES string of the molecule is Cc1cn(C2CCC(NC(=O)[N+]3=C4CCC(CC4)Nc4nccc(n4)Nc4cc([nH]n4)C4CCC3C4)CC2)cn1. The third kappa shape index (κ3) is 5.21. The second kappa shape index (κ2) is 10.7. The molecule has 0 aromatic carbocycles. The van der Waals surface area contributed by atoms with Crippen molar-refractivity contribution in [1.82, 2.24) is 35.0 Å². The van der Waals surface area contributed by atoms with E-state index in [-0.39, 0.29) is 24.2 Å². The van der Waals surface area contributed by atoms with E-state index >= 15 is 0 Å². The number of nitrogens with zero attached hydrogens (tertiary/aromatic N) is 6. The Hall–Kier alpha value is -3.76. The third-order valence-electron chi connectivity index (χ3n) is 9.35. The number of hydrogen-bond donors (Lipinski definition) is 4. The largest absolute Gasteiger partial charge is 0.491 e. The van der Waals surface area contributed by atoms with E-state index in [1.165, 1.54) is 5.71 Å². The van der Waals surface area contributed by atoms with E-state index in [0.717, 1.165) is 93.7 Å². The minimum atomic E-state index is 0.0955. The summed E-state index contributed by atoms with van der Waals surface area (Å²) < 4.78 is 4.41. The van der Waals surface area contributed by atoms with Crippen LogP contribution >= 0.6 is 0 Å². The van der Waals surface area contributed by atoms with Crippen LogP contribution in [0, 0.1) is 6.92 Å². The molecule has 8 rings (SSSR count). The minimum Gasteiger partial charge on any atom is -0.351 e. The Labute approximate surface area is 234 Å². The first kappa shape index (κ1) is 25.2. The Bertz CT molecular complexity index is 1390. The fourth-order valence-corrected chi connectivity index (χ4v) is 7.20. The van der Waals surface area contributed by atoms with Gasteiger partial charge in [-0.2, -0.15) is 19.5 Å². The normalized spacial score (nSPS) is 28.2. The van der Waals surface area contributed by atoms with E-state index in [4.69, 9.17) is 0 Å². The van der Waals surface area contributed by atoms with Gasteiger partial charge in [-0.05, 0) is 70.8 Å². The average molecular weight is 544 g/mol. The number of fused-ring (bicyclic) bond motifs is 2. The fraction of sp³-hybridized carbons (Fsp3) is 0.586. The van der Waals surface area contributed by atoms with Crippen LogP contribution in [0.1, 0.15) is 94.0 Å². The van der Waals surface area contributed by atoms with Crippen LogP contribution in [0.15, 0.2) is 30.9 Å². The Balaban J connectivity index is 1.11. The number of aromatic amines is 1. The molecular weight excluding hydrogens is 504 g/mol. The van der Waals surface area contributed by atoms with Crippen molar-refractivity contribution < 1.29 is 9.37 Å². The summed E-state index contributed by atoms with van der Waals surface area (Å²) in [4.78, 5) is 27.5. The maximum Gasteiger partial charge on any atom is 0.491 e. The van der Waals surface area contributed by atoms with E-state index in [9.17, 15) is 4.79 Å². The van der Waals surface area contributed by atoms with Gasteiger partial charge < -0.3 is 15.2 Å². The predicted molar refractivity (Wildman–Crippen MR) is 152 cm³/mol. The summed E-state index contributed by atoms with van der Waals surface area (Å²) in [6.45, 7) is 2.04. The molecule has 0 spiro atoms. The van der Waals surface area contributed by atoms with Crippen molar-refractivity contribution in [2.75, 3.05) is 10.6 Å². The molecule has 11 nitrogen and oxygen atoms in total. The highest BCUT2D eigenvalue weighted by molar-refractivity contribution is 5.86. The van der Waals surface area contributed by atoms with Gasteiger partial charge in [0.05, 0.1) is 23.8 Å². The molecule has 2 atom stereocenters. The van der Waals surface area contributed by atoms with Crippen molar-refractivity contribution in [3.05, 3.63) is 42.2 Å². The van der Waals surface area contributed by atoms with E-state index in [2.05, 4.69) is 62.5 Å². The van der Waals surface area contributed by atoms with Crippen molar-refractivity contribution in [2.24, 2.45) is 0 Å². The lowest BCUT2D eigenvalue weighted by Crippen LogP contribution is -2.48. The molecule has 210 valence electrons. The highest BCUT2D eigenvalue weighted by Gasteiger charge is 2.39. The van der Waals surface area contributed by atoms with Gasteiger partial charge in [-0.15, -0.1) is 0 Å². The van der Waals surface area contributed by atoms with Crippen LogP contribution in [0.4, 0.5) is 22.4 Å². The number of H-pyrrole nitrogens is 1. The number of imidazole rings is 1. The molecule has 3 aromatic heterocycles. The third-order valence-corrected chi connectivity index (χ3v) is 9.35.